The number of hydrogen-bond donors (Lipinski definition) is 2. The molecule has 3 aliphatic heterocycles. The Labute approximate surface area is 265 Å². The Hall–Kier alpha value is -2.58. The van der Waals surface area contributed by atoms with Crippen LogP contribution in [0, 0.1) is 5.92 Å². The summed E-state index contributed by atoms with van der Waals surface area (Å²) in [7, 11) is 3.27. The number of halogens is 1. The second-order valence-corrected chi connectivity index (χ2v) is 13.5. The van der Waals surface area contributed by atoms with Crippen LogP contribution in [-0.2, 0) is 25.7 Å². The average Bonchev–Trinajstić information content (AvgIpc) is 3.63. The molecular formula is C30H41BrN6O5S. The Bertz CT molecular complexity index is 1310. The molecule has 1 aromatic heterocycles. The first kappa shape index (κ1) is 31.8. The SMILES string of the molecule is COC(=O)[C@@H]1CCCN(C(=O)[C@H]2NC(=O)[C@H](C(C)C)N3CCC[C@@H]3COc3ccccc3CN(C)[C@@H]2c2nc(Br)cs2)N1. The van der Waals surface area contributed by atoms with Crippen molar-refractivity contribution in [1.29, 1.82) is 0 Å². The van der Waals surface area contributed by atoms with Crippen molar-refractivity contribution < 1.29 is 23.9 Å². The predicted molar refractivity (Wildman–Crippen MR) is 166 cm³/mol. The van der Waals surface area contributed by atoms with E-state index in [0.717, 1.165) is 30.7 Å². The minimum atomic E-state index is -0.990. The molecule has 2 saturated heterocycles. The monoisotopic (exact) mass is 676 g/mol. The number of hydrazine groups is 1. The minimum absolute atomic E-state index is 0.00392. The molecule has 2 N–H and O–H groups in total. The van der Waals surface area contributed by atoms with E-state index in [0.29, 0.717) is 42.1 Å². The van der Waals surface area contributed by atoms with Crippen molar-refractivity contribution in [2.45, 2.75) is 76.3 Å². The van der Waals surface area contributed by atoms with E-state index >= 15 is 0 Å². The second kappa shape index (κ2) is 14.0. The molecule has 0 radical (unpaired) electrons. The summed E-state index contributed by atoms with van der Waals surface area (Å²) in [5.41, 5.74) is 4.05. The minimum Gasteiger partial charge on any atom is -0.492 e. The molecule has 5 atom stereocenters. The molecule has 2 fully saturated rings. The lowest BCUT2D eigenvalue weighted by molar-refractivity contribution is -0.152. The van der Waals surface area contributed by atoms with Crippen LogP contribution in [-0.4, -0.2) is 95.6 Å². The first-order valence-electron chi connectivity index (χ1n) is 14.9. The quantitative estimate of drug-likeness (QED) is 0.472. The topological polar surface area (TPSA) is 116 Å². The lowest BCUT2D eigenvalue weighted by Crippen LogP contribution is -2.64. The van der Waals surface area contributed by atoms with Gasteiger partial charge in [0.15, 0.2) is 0 Å². The summed E-state index contributed by atoms with van der Waals surface area (Å²) in [5, 5.41) is 7.24. The van der Waals surface area contributed by atoms with Gasteiger partial charge in [-0.15, -0.1) is 11.3 Å². The van der Waals surface area contributed by atoms with E-state index in [9.17, 15) is 14.4 Å². The third-order valence-electron chi connectivity index (χ3n) is 8.54. The summed E-state index contributed by atoms with van der Waals surface area (Å²) in [6.07, 6.45) is 3.08. The van der Waals surface area contributed by atoms with Crippen molar-refractivity contribution in [2.75, 3.05) is 33.9 Å². The summed E-state index contributed by atoms with van der Waals surface area (Å²) < 4.78 is 12.1. The Morgan fingerprint density at radius 2 is 1.95 bits per heavy atom. The molecule has 1 aromatic carbocycles. The van der Waals surface area contributed by atoms with Gasteiger partial charge >= 0.3 is 5.97 Å². The van der Waals surface area contributed by atoms with Gasteiger partial charge in [0.1, 0.15) is 34.1 Å². The van der Waals surface area contributed by atoms with Gasteiger partial charge in [-0.3, -0.25) is 29.2 Å². The Balaban J connectivity index is 1.59. The van der Waals surface area contributed by atoms with Gasteiger partial charge in [0, 0.05) is 30.1 Å². The fourth-order valence-electron chi connectivity index (χ4n) is 6.50. The van der Waals surface area contributed by atoms with Crippen molar-refractivity contribution in [3.8, 4) is 5.75 Å². The molecule has 0 saturated carbocycles. The second-order valence-electron chi connectivity index (χ2n) is 11.8. The van der Waals surface area contributed by atoms with Crippen LogP contribution in [0.5, 0.6) is 5.75 Å². The van der Waals surface area contributed by atoms with Crippen LogP contribution >= 0.6 is 27.3 Å². The molecule has 11 nitrogen and oxygen atoms in total. The largest absolute Gasteiger partial charge is 0.492 e. The summed E-state index contributed by atoms with van der Waals surface area (Å²) in [6, 6.07) is 5.35. The maximum atomic E-state index is 14.5. The van der Waals surface area contributed by atoms with Crippen molar-refractivity contribution in [2.24, 2.45) is 5.92 Å². The zero-order valence-corrected chi connectivity index (χ0v) is 27.5. The molecule has 3 aliphatic rings. The van der Waals surface area contributed by atoms with Gasteiger partial charge in [-0.2, -0.15) is 0 Å². The zero-order chi connectivity index (χ0) is 30.7. The van der Waals surface area contributed by atoms with Crippen molar-refractivity contribution in [3.05, 3.63) is 44.8 Å². The van der Waals surface area contributed by atoms with Crippen molar-refractivity contribution in [3.63, 3.8) is 0 Å². The number of nitrogens with zero attached hydrogens (tertiary/aromatic N) is 4. The molecule has 4 heterocycles. The third kappa shape index (κ3) is 7.06. The summed E-state index contributed by atoms with van der Waals surface area (Å²) in [4.78, 5) is 50.3. The summed E-state index contributed by atoms with van der Waals surface area (Å²) >= 11 is 4.91. The lowest BCUT2D eigenvalue weighted by Gasteiger charge is -2.40. The number of hydrogen-bond acceptors (Lipinski definition) is 10. The van der Waals surface area contributed by atoms with Crippen LogP contribution in [0.25, 0.3) is 0 Å². The van der Waals surface area contributed by atoms with E-state index in [-0.39, 0.29) is 23.8 Å². The number of benzene rings is 1. The normalized spacial score (nSPS) is 27.6. The fraction of sp³-hybridized carbons (Fsp3) is 0.600. The molecule has 0 spiro atoms. The number of likely N-dealkylation sites (N-methyl/N-ethyl adjacent to an activating group) is 1. The number of methoxy groups -OCH3 is 1. The first-order valence-corrected chi connectivity index (χ1v) is 16.6. The average molecular weight is 678 g/mol. The van der Waals surface area contributed by atoms with Crippen LogP contribution in [0.4, 0.5) is 0 Å². The van der Waals surface area contributed by atoms with Crippen LogP contribution in [0.2, 0.25) is 0 Å². The van der Waals surface area contributed by atoms with Gasteiger partial charge in [-0.25, -0.2) is 10.4 Å². The maximum absolute atomic E-state index is 14.5. The van der Waals surface area contributed by atoms with Gasteiger partial charge in [0.2, 0.25) is 5.91 Å². The number of thiazole rings is 1. The number of rotatable bonds is 4. The number of ether oxygens (including phenoxy) is 2. The lowest BCUT2D eigenvalue weighted by atomic mass is 9.98. The molecule has 5 rings (SSSR count). The van der Waals surface area contributed by atoms with Gasteiger partial charge < -0.3 is 14.8 Å². The number of para-hydroxylation sites is 1. The van der Waals surface area contributed by atoms with Gasteiger partial charge in [-0.1, -0.05) is 32.0 Å². The Morgan fingerprint density at radius 1 is 1.19 bits per heavy atom. The van der Waals surface area contributed by atoms with Gasteiger partial charge in [0.25, 0.3) is 5.91 Å². The maximum Gasteiger partial charge on any atom is 0.324 e. The molecular weight excluding hydrogens is 636 g/mol. The Kier molecular flexibility index (Phi) is 10.4. The molecule has 13 heteroatoms. The smallest absolute Gasteiger partial charge is 0.324 e. The number of carbonyl (C=O) groups excluding carboxylic acids is 3. The molecule has 0 bridgehead atoms. The Morgan fingerprint density at radius 3 is 2.67 bits per heavy atom. The molecule has 2 amide bonds. The van der Waals surface area contributed by atoms with Crippen LogP contribution in [0.15, 0.2) is 34.2 Å². The summed E-state index contributed by atoms with van der Waals surface area (Å²) in [5.74, 6) is -0.166. The van der Waals surface area contributed by atoms with E-state index < -0.39 is 30.1 Å². The highest BCUT2D eigenvalue weighted by Crippen LogP contribution is 2.34. The third-order valence-corrected chi connectivity index (χ3v) is 10.2. The molecule has 43 heavy (non-hydrogen) atoms. The fourth-order valence-corrected chi connectivity index (χ4v) is 7.96. The van der Waals surface area contributed by atoms with Gasteiger partial charge in [-0.05, 0) is 67.2 Å². The van der Waals surface area contributed by atoms with Crippen LogP contribution in [0.1, 0.15) is 56.1 Å². The zero-order valence-electron chi connectivity index (χ0n) is 25.1. The molecule has 234 valence electrons. The number of nitrogens with one attached hydrogen (secondary N) is 2. The van der Waals surface area contributed by atoms with Crippen molar-refractivity contribution >= 4 is 45.1 Å². The predicted octanol–water partition coefficient (Wildman–Crippen LogP) is 3.11. The number of amides is 2. The highest BCUT2D eigenvalue weighted by molar-refractivity contribution is 9.10. The van der Waals surface area contributed by atoms with E-state index in [1.807, 2.05) is 55.4 Å². The standard InChI is InChI=1S/C30H41BrN6O5S/c1-18(2)25-27(38)33-24(29(39)37-14-8-11-21(34-37)30(40)41-4)26(28-32-23(31)17-43-28)35(3)15-19-9-5-6-12-22(19)42-16-20-10-7-13-36(20)25/h5-6,9,12,17-18,20-21,24-26,34H,7-8,10-11,13-16H2,1-4H3,(H,33,38)/t20-,21+,24+,25+,26+/m1/s1. The van der Waals surface area contributed by atoms with E-state index in [1.165, 1.54) is 23.5 Å². The molecule has 0 aliphatic carbocycles. The van der Waals surface area contributed by atoms with E-state index in [4.69, 9.17) is 14.5 Å². The molecule has 0 unspecified atom stereocenters. The van der Waals surface area contributed by atoms with Crippen LogP contribution in [0.3, 0.4) is 0 Å². The number of esters is 1. The first-order chi connectivity index (χ1) is 20.7. The number of fused-ring (bicyclic) bond motifs is 2. The number of carbonyl (C=O) groups is 3. The molecule has 2 aromatic rings. The highest BCUT2D eigenvalue weighted by atomic mass is 79.9. The van der Waals surface area contributed by atoms with Gasteiger partial charge in [0.05, 0.1) is 19.2 Å². The number of aromatic nitrogens is 1. The van der Waals surface area contributed by atoms with Crippen LogP contribution < -0.4 is 15.5 Å². The van der Waals surface area contributed by atoms with E-state index in [1.54, 1.807) is 0 Å². The highest BCUT2D eigenvalue weighted by Gasteiger charge is 2.44. The summed E-state index contributed by atoms with van der Waals surface area (Å²) in [6.45, 7) is 6.20. The van der Waals surface area contributed by atoms with E-state index in [2.05, 4.69) is 31.6 Å². The van der Waals surface area contributed by atoms with Crippen molar-refractivity contribution in [1.82, 2.24) is 30.5 Å².